The summed E-state index contributed by atoms with van der Waals surface area (Å²) >= 11 is 3.31. The third-order valence-electron chi connectivity index (χ3n) is 2.97. The zero-order valence-corrected chi connectivity index (χ0v) is 14.3. The Balaban J connectivity index is 1.90. The largest absolute Gasteiger partial charge is 0.481 e. The lowest BCUT2D eigenvalue weighted by Gasteiger charge is -2.12. The second-order valence-corrected chi connectivity index (χ2v) is 5.72. The summed E-state index contributed by atoms with van der Waals surface area (Å²) in [4.78, 5) is 22.1. The first-order valence-electron chi connectivity index (χ1n) is 6.95. The highest BCUT2D eigenvalue weighted by atomic mass is 79.9. The maximum atomic E-state index is 11.9. The maximum Gasteiger partial charge on any atom is 0.280 e. The second kappa shape index (κ2) is 8.21. The van der Waals surface area contributed by atoms with Gasteiger partial charge in [-0.25, -0.2) is 5.43 Å². The van der Waals surface area contributed by atoms with E-state index >= 15 is 0 Å². The fourth-order valence-corrected chi connectivity index (χ4v) is 2.02. The summed E-state index contributed by atoms with van der Waals surface area (Å²) in [5.41, 5.74) is 2.80. The smallest absolute Gasteiger partial charge is 0.280 e. The minimum Gasteiger partial charge on any atom is -0.481 e. The van der Waals surface area contributed by atoms with Crippen LogP contribution in [0.3, 0.4) is 0 Å². The lowest BCUT2D eigenvalue weighted by molar-refractivity contribution is -0.384. The van der Waals surface area contributed by atoms with Crippen molar-refractivity contribution in [2.75, 3.05) is 0 Å². The van der Waals surface area contributed by atoms with Crippen molar-refractivity contribution in [3.8, 4) is 5.75 Å². The van der Waals surface area contributed by atoms with Crippen molar-refractivity contribution in [1.29, 1.82) is 0 Å². The third kappa shape index (κ3) is 5.17. The SMILES string of the molecule is CC(Oc1ccc(Br)cc1)C(=O)NN=Cc1cccc([N+](=O)[O-])c1. The molecular weight excluding hydrogens is 378 g/mol. The van der Waals surface area contributed by atoms with Gasteiger partial charge in [-0.05, 0) is 31.2 Å². The summed E-state index contributed by atoms with van der Waals surface area (Å²) < 4.78 is 6.40. The molecule has 124 valence electrons. The summed E-state index contributed by atoms with van der Waals surface area (Å²) in [6.45, 7) is 1.60. The van der Waals surface area contributed by atoms with Crippen LogP contribution in [0.25, 0.3) is 0 Å². The van der Waals surface area contributed by atoms with E-state index in [0.29, 0.717) is 11.3 Å². The van der Waals surface area contributed by atoms with E-state index in [1.165, 1.54) is 18.3 Å². The molecule has 1 N–H and O–H groups in total. The summed E-state index contributed by atoms with van der Waals surface area (Å²) in [7, 11) is 0. The number of non-ortho nitro benzene ring substituents is 1. The van der Waals surface area contributed by atoms with E-state index in [1.807, 2.05) is 0 Å². The van der Waals surface area contributed by atoms with Crippen LogP contribution in [0.1, 0.15) is 12.5 Å². The highest BCUT2D eigenvalue weighted by Gasteiger charge is 2.13. The first-order valence-corrected chi connectivity index (χ1v) is 7.74. The van der Waals surface area contributed by atoms with Crippen LogP contribution < -0.4 is 10.2 Å². The van der Waals surface area contributed by atoms with Gasteiger partial charge in [0.2, 0.25) is 0 Å². The van der Waals surface area contributed by atoms with Gasteiger partial charge in [0.05, 0.1) is 11.1 Å². The number of carbonyl (C=O) groups excluding carboxylic acids is 1. The fraction of sp³-hybridized carbons (Fsp3) is 0.125. The van der Waals surface area contributed by atoms with E-state index < -0.39 is 16.9 Å². The number of rotatable bonds is 6. The van der Waals surface area contributed by atoms with Crippen molar-refractivity contribution >= 4 is 33.7 Å². The first kappa shape index (κ1) is 17.6. The van der Waals surface area contributed by atoms with Crippen LogP contribution in [0.5, 0.6) is 5.75 Å². The molecule has 0 aliphatic rings. The normalized spacial score (nSPS) is 11.9. The number of carbonyl (C=O) groups is 1. The van der Waals surface area contributed by atoms with Gasteiger partial charge in [-0.2, -0.15) is 5.10 Å². The van der Waals surface area contributed by atoms with Crippen molar-refractivity contribution in [1.82, 2.24) is 5.43 Å². The molecule has 2 aromatic carbocycles. The molecule has 0 aliphatic heterocycles. The molecule has 1 atom stereocenters. The number of ether oxygens (including phenoxy) is 1. The molecule has 0 saturated heterocycles. The van der Waals surface area contributed by atoms with Crippen LogP contribution in [-0.2, 0) is 4.79 Å². The number of amides is 1. The zero-order chi connectivity index (χ0) is 17.5. The van der Waals surface area contributed by atoms with Gasteiger partial charge in [0.15, 0.2) is 6.10 Å². The Kier molecular flexibility index (Phi) is 6.02. The van der Waals surface area contributed by atoms with Gasteiger partial charge >= 0.3 is 0 Å². The number of nitro groups is 1. The molecule has 0 aromatic heterocycles. The van der Waals surface area contributed by atoms with Crippen LogP contribution in [0.2, 0.25) is 0 Å². The van der Waals surface area contributed by atoms with E-state index in [4.69, 9.17) is 4.74 Å². The average molecular weight is 392 g/mol. The first-order chi connectivity index (χ1) is 11.5. The number of hydrogen-bond acceptors (Lipinski definition) is 5. The van der Waals surface area contributed by atoms with Gasteiger partial charge < -0.3 is 4.74 Å². The van der Waals surface area contributed by atoms with Gasteiger partial charge in [0, 0.05) is 22.2 Å². The highest BCUT2D eigenvalue weighted by Crippen LogP contribution is 2.17. The standard InChI is InChI=1S/C16H14BrN3O4/c1-11(24-15-7-5-13(17)6-8-15)16(21)19-18-10-12-3-2-4-14(9-12)20(22)23/h2-11H,1H3,(H,19,21). The van der Waals surface area contributed by atoms with Crippen molar-refractivity contribution in [3.05, 3.63) is 68.7 Å². The van der Waals surface area contributed by atoms with Gasteiger partial charge in [-0.3, -0.25) is 14.9 Å². The predicted octanol–water partition coefficient (Wildman–Crippen LogP) is 3.27. The molecule has 2 aromatic rings. The lowest BCUT2D eigenvalue weighted by atomic mass is 10.2. The third-order valence-corrected chi connectivity index (χ3v) is 3.49. The van der Waals surface area contributed by atoms with Crippen LogP contribution >= 0.6 is 15.9 Å². The Hall–Kier alpha value is -2.74. The topological polar surface area (TPSA) is 93.8 Å². The molecule has 0 fully saturated rings. The molecule has 0 radical (unpaired) electrons. The molecular formula is C16H14BrN3O4. The number of nitro benzene ring substituents is 1. The number of nitrogens with one attached hydrogen (secondary N) is 1. The number of hydrazone groups is 1. The number of benzene rings is 2. The van der Waals surface area contributed by atoms with Gasteiger partial charge in [-0.1, -0.05) is 28.1 Å². The van der Waals surface area contributed by atoms with E-state index in [-0.39, 0.29) is 5.69 Å². The maximum absolute atomic E-state index is 11.9. The zero-order valence-electron chi connectivity index (χ0n) is 12.7. The molecule has 7 nitrogen and oxygen atoms in total. The molecule has 0 saturated carbocycles. The quantitative estimate of drug-likeness (QED) is 0.464. The van der Waals surface area contributed by atoms with Crippen molar-refractivity contribution in [2.45, 2.75) is 13.0 Å². The monoisotopic (exact) mass is 391 g/mol. The fourth-order valence-electron chi connectivity index (χ4n) is 1.75. The summed E-state index contributed by atoms with van der Waals surface area (Å²) in [6, 6.07) is 13.0. The summed E-state index contributed by atoms with van der Waals surface area (Å²) in [5, 5.41) is 14.5. The molecule has 1 unspecified atom stereocenters. The molecule has 8 heteroatoms. The Morgan fingerprint density at radius 2 is 2.04 bits per heavy atom. The minimum atomic E-state index is -0.742. The van der Waals surface area contributed by atoms with E-state index in [1.54, 1.807) is 43.3 Å². The van der Waals surface area contributed by atoms with Crippen molar-refractivity contribution in [3.63, 3.8) is 0 Å². The predicted molar refractivity (Wildman–Crippen MR) is 93.1 cm³/mol. The lowest BCUT2D eigenvalue weighted by Crippen LogP contribution is -2.33. The summed E-state index contributed by atoms with van der Waals surface area (Å²) in [6.07, 6.45) is 0.588. The highest BCUT2D eigenvalue weighted by molar-refractivity contribution is 9.10. The average Bonchev–Trinajstić information content (AvgIpc) is 2.57. The Morgan fingerprint density at radius 1 is 1.33 bits per heavy atom. The molecule has 0 heterocycles. The summed E-state index contributed by atoms with van der Waals surface area (Å²) in [5.74, 6) is 0.128. The molecule has 2 rings (SSSR count). The molecule has 0 aliphatic carbocycles. The van der Waals surface area contributed by atoms with Crippen LogP contribution in [0.4, 0.5) is 5.69 Å². The second-order valence-electron chi connectivity index (χ2n) is 4.80. The molecule has 0 bridgehead atoms. The molecule has 24 heavy (non-hydrogen) atoms. The van der Waals surface area contributed by atoms with Crippen LogP contribution in [0, 0.1) is 10.1 Å². The van der Waals surface area contributed by atoms with Crippen LogP contribution in [0.15, 0.2) is 58.1 Å². The van der Waals surface area contributed by atoms with E-state index in [0.717, 1.165) is 4.47 Å². The minimum absolute atomic E-state index is 0.0442. The Morgan fingerprint density at radius 3 is 2.71 bits per heavy atom. The van der Waals surface area contributed by atoms with Gasteiger partial charge in [0.25, 0.3) is 11.6 Å². The van der Waals surface area contributed by atoms with Crippen molar-refractivity contribution in [2.24, 2.45) is 5.10 Å². The molecule has 0 spiro atoms. The number of hydrogen-bond donors (Lipinski definition) is 1. The van der Waals surface area contributed by atoms with E-state index in [9.17, 15) is 14.9 Å². The molecule has 1 amide bonds. The van der Waals surface area contributed by atoms with Gasteiger partial charge in [0.1, 0.15) is 5.75 Å². The van der Waals surface area contributed by atoms with E-state index in [2.05, 4.69) is 26.5 Å². The van der Waals surface area contributed by atoms with Crippen molar-refractivity contribution < 1.29 is 14.5 Å². The van der Waals surface area contributed by atoms with Gasteiger partial charge in [-0.15, -0.1) is 0 Å². The number of nitrogens with zero attached hydrogens (tertiary/aromatic N) is 2. The Bertz CT molecular complexity index is 762. The van der Waals surface area contributed by atoms with Crippen LogP contribution in [-0.4, -0.2) is 23.1 Å². The number of halogens is 1. The Labute approximate surface area is 146 Å².